The Morgan fingerprint density at radius 3 is 2.78 bits per heavy atom. The van der Waals surface area contributed by atoms with Crippen molar-refractivity contribution in [1.82, 2.24) is 19.7 Å². The van der Waals surface area contributed by atoms with E-state index in [1.165, 1.54) is 16.8 Å². The maximum atomic E-state index is 13.3. The van der Waals surface area contributed by atoms with E-state index in [0.717, 1.165) is 10.9 Å². The maximum Gasteiger partial charge on any atom is 0.291 e. The summed E-state index contributed by atoms with van der Waals surface area (Å²) in [5, 5.41) is 8.45. The van der Waals surface area contributed by atoms with E-state index in [9.17, 15) is 14.0 Å². The van der Waals surface area contributed by atoms with Crippen LogP contribution >= 0.6 is 0 Å². The Balaban J connectivity index is 1.69. The number of carbonyl (C=O) groups excluding carboxylic acids is 1. The summed E-state index contributed by atoms with van der Waals surface area (Å²) in [7, 11) is 1.58. The molecule has 6 nitrogen and oxygen atoms in total. The zero-order chi connectivity index (χ0) is 19.0. The van der Waals surface area contributed by atoms with E-state index in [1.807, 2.05) is 24.3 Å². The van der Waals surface area contributed by atoms with Crippen molar-refractivity contribution < 1.29 is 9.18 Å². The Hall–Kier alpha value is -3.48. The van der Waals surface area contributed by atoms with E-state index < -0.39 is 0 Å². The molecule has 0 fully saturated rings. The molecule has 0 aliphatic heterocycles. The van der Waals surface area contributed by atoms with Crippen LogP contribution in [0.15, 0.2) is 59.5 Å². The van der Waals surface area contributed by atoms with Gasteiger partial charge in [-0.1, -0.05) is 30.3 Å². The summed E-state index contributed by atoms with van der Waals surface area (Å²) in [6.07, 6.45) is 1.64. The Kier molecular flexibility index (Phi) is 4.19. The van der Waals surface area contributed by atoms with Crippen molar-refractivity contribution in [3.05, 3.63) is 76.5 Å². The predicted octanol–water partition coefficient (Wildman–Crippen LogP) is 2.34. The number of hydrogen-bond donors (Lipinski definition) is 1. The molecule has 0 atom stereocenters. The molecule has 0 aliphatic carbocycles. The second kappa shape index (κ2) is 6.68. The summed E-state index contributed by atoms with van der Waals surface area (Å²) >= 11 is 0. The molecule has 1 amide bonds. The fourth-order valence-electron chi connectivity index (χ4n) is 3.25. The van der Waals surface area contributed by atoms with Crippen molar-refractivity contribution in [1.29, 1.82) is 0 Å². The van der Waals surface area contributed by atoms with Crippen LogP contribution in [0.3, 0.4) is 0 Å². The molecule has 4 aromatic rings. The topological polar surface area (TPSA) is 68.9 Å². The van der Waals surface area contributed by atoms with Gasteiger partial charge in [0.15, 0.2) is 0 Å². The molecular weight excluding hydrogens is 347 g/mol. The first-order valence-corrected chi connectivity index (χ1v) is 8.49. The first-order valence-electron chi connectivity index (χ1n) is 8.49. The lowest BCUT2D eigenvalue weighted by atomic mass is 10.2. The van der Waals surface area contributed by atoms with E-state index >= 15 is 0 Å². The molecule has 0 radical (unpaired) electrons. The highest BCUT2D eigenvalue weighted by Crippen LogP contribution is 2.25. The minimum atomic E-state index is -0.347. The van der Waals surface area contributed by atoms with E-state index in [2.05, 4.69) is 10.4 Å². The van der Waals surface area contributed by atoms with Crippen LogP contribution in [-0.4, -0.2) is 20.3 Å². The number of rotatable bonds is 4. The summed E-state index contributed by atoms with van der Waals surface area (Å²) in [5.41, 5.74) is 1.64. The van der Waals surface area contributed by atoms with Gasteiger partial charge >= 0.3 is 0 Å². The largest absolute Gasteiger partial charge is 0.350 e. The van der Waals surface area contributed by atoms with Gasteiger partial charge in [0.2, 0.25) is 5.91 Å². The van der Waals surface area contributed by atoms with E-state index in [4.69, 9.17) is 0 Å². The lowest BCUT2D eigenvalue weighted by Crippen LogP contribution is -2.29. The van der Waals surface area contributed by atoms with E-state index in [-0.39, 0.29) is 30.4 Å². The van der Waals surface area contributed by atoms with Crippen molar-refractivity contribution in [2.75, 3.05) is 0 Å². The highest BCUT2D eigenvalue weighted by atomic mass is 19.1. The third-order valence-electron chi connectivity index (χ3n) is 4.55. The second-order valence-electron chi connectivity index (χ2n) is 6.35. The van der Waals surface area contributed by atoms with Crippen molar-refractivity contribution in [2.24, 2.45) is 7.05 Å². The molecule has 136 valence electrons. The van der Waals surface area contributed by atoms with Crippen LogP contribution in [-0.2, 0) is 24.9 Å². The Morgan fingerprint density at radius 1 is 1.15 bits per heavy atom. The molecule has 0 spiro atoms. The number of amides is 1. The normalized spacial score (nSPS) is 11.2. The summed E-state index contributed by atoms with van der Waals surface area (Å²) in [6.45, 7) is 0.200. The van der Waals surface area contributed by atoms with Gasteiger partial charge in [0.25, 0.3) is 5.56 Å². The van der Waals surface area contributed by atoms with Crippen LogP contribution in [0.5, 0.6) is 0 Å². The average Bonchev–Trinajstić information content (AvgIpc) is 2.98. The summed E-state index contributed by atoms with van der Waals surface area (Å²) in [5.74, 6) is -0.610. The van der Waals surface area contributed by atoms with Gasteiger partial charge in [-0.15, -0.1) is 0 Å². The minimum absolute atomic E-state index is 0.0153. The number of nitrogens with one attached hydrogen (secondary N) is 1. The summed E-state index contributed by atoms with van der Waals surface area (Å²) in [4.78, 5) is 25.1. The van der Waals surface area contributed by atoms with Crippen molar-refractivity contribution in [3.8, 4) is 0 Å². The third kappa shape index (κ3) is 3.08. The standard InChI is InChI=1S/C20H17FN4O2/c1-24-20(27)19-16(11-23-24)15-7-2-3-8-17(15)25(19)12-18(26)22-10-13-5-4-6-14(21)9-13/h2-9,11H,10,12H2,1H3,(H,22,26). The van der Waals surface area contributed by atoms with Gasteiger partial charge in [-0.25, -0.2) is 9.07 Å². The molecule has 0 saturated heterocycles. The third-order valence-corrected chi connectivity index (χ3v) is 4.55. The fraction of sp³-hybridized carbons (Fsp3) is 0.150. The van der Waals surface area contributed by atoms with Crippen LogP contribution < -0.4 is 10.9 Å². The van der Waals surface area contributed by atoms with Gasteiger partial charge in [0.05, 0.1) is 6.20 Å². The monoisotopic (exact) mass is 364 g/mol. The van der Waals surface area contributed by atoms with Crippen LogP contribution in [0.1, 0.15) is 5.56 Å². The molecular formula is C20H17FN4O2. The Bertz CT molecular complexity index is 1230. The first kappa shape index (κ1) is 17.0. The highest BCUT2D eigenvalue weighted by Gasteiger charge is 2.16. The number of aromatic nitrogens is 3. The van der Waals surface area contributed by atoms with Crippen molar-refractivity contribution in [2.45, 2.75) is 13.1 Å². The predicted molar refractivity (Wildman–Crippen MR) is 101 cm³/mol. The molecule has 0 saturated carbocycles. The quantitative estimate of drug-likeness (QED) is 0.604. The number of benzene rings is 2. The number of halogens is 1. The van der Waals surface area contributed by atoms with Crippen LogP contribution in [0.2, 0.25) is 0 Å². The minimum Gasteiger partial charge on any atom is -0.350 e. The first-order chi connectivity index (χ1) is 13.0. The molecule has 2 aromatic heterocycles. The average molecular weight is 364 g/mol. The Morgan fingerprint density at radius 2 is 1.96 bits per heavy atom. The van der Waals surface area contributed by atoms with Gasteiger partial charge < -0.3 is 9.88 Å². The van der Waals surface area contributed by atoms with Gasteiger partial charge in [-0.3, -0.25) is 9.59 Å². The smallest absolute Gasteiger partial charge is 0.291 e. The zero-order valence-corrected chi connectivity index (χ0v) is 14.6. The van der Waals surface area contributed by atoms with Gasteiger partial charge in [0.1, 0.15) is 17.9 Å². The SMILES string of the molecule is Cn1ncc2c3ccccc3n(CC(=O)NCc3cccc(F)c3)c2c1=O. The zero-order valence-electron chi connectivity index (χ0n) is 14.6. The lowest BCUT2D eigenvalue weighted by Gasteiger charge is -2.09. The van der Waals surface area contributed by atoms with Crippen molar-refractivity contribution in [3.63, 3.8) is 0 Å². The molecule has 1 N–H and O–H groups in total. The van der Waals surface area contributed by atoms with Crippen molar-refractivity contribution >= 4 is 27.7 Å². The number of para-hydroxylation sites is 1. The second-order valence-corrected chi connectivity index (χ2v) is 6.35. The number of nitrogens with zero attached hydrogens (tertiary/aromatic N) is 3. The molecule has 2 heterocycles. The summed E-state index contributed by atoms with van der Waals surface area (Å²) < 4.78 is 16.2. The molecule has 0 bridgehead atoms. The molecule has 0 aliphatic rings. The van der Waals surface area contributed by atoms with Gasteiger partial charge in [0, 0.05) is 29.9 Å². The molecule has 4 rings (SSSR count). The van der Waals surface area contributed by atoms with Crippen LogP contribution in [0.25, 0.3) is 21.8 Å². The van der Waals surface area contributed by atoms with Crippen LogP contribution in [0, 0.1) is 5.82 Å². The molecule has 0 unspecified atom stereocenters. The number of hydrogen-bond acceptors (Lipinski definition) is 3. The fourth-order valence-corrected chi connectivity index (χ4v) is 3.25. The highest BCUT2D eigenvalue weighted by molar-refractivity contribution is 6.07. The van der Waals surface area contributed by atoms with E-state index in [0.29, 0.717) is 16.5 Å². The number of aryl methyl sites for hydroxylation is 1. The van der Waals surface area contributed by atoms with Gasteiger partial charge in [-0.05, 0) is 23.8 Å². The number of carbonyl (C=O) groups is 1. The maximum absolute atomic E-state index is 13.3. The molecule has 2 aromatic carbocycles. The molecule has 7 heteroatoms. The van der Waals surface area contributed by atoms with Gasteiger partial charge in [-0.2, -0.15) is 5.10 Å². The van der Waals surface area contributed by atoms with Crippen LogP contribution in [0.4, 0.5) is 4.39 Å². The summed E-state index contributed by atoms with van der Waals surface area (Å²) in [6, 6.07) is 13.6. The Labute approximate surface area is 153 Å². The van der Waals surface area contributed by atoms with E-state index in [1.54, 1.807) is 29.9 Å². The number of fused-ring (bicyclic) bond motifs is 3. The lowest BCUT2D eigenvalue weighted by molar-refractivity contribution is -0.121. The molecule has 27 heavy (non-hydrogen) atoms.